The number of hydrogen-bond acceptors (Lipinski definition) is 9. The van der Waals surface area contributed by atoms with Gasteiger partial charge in [0.15, 0.2) is 0 Å². The van der Waals surface area contributed by atoms with E-state index in [1.165, 1.54) is 5.56 Å². The monoisotopic (exact) mass is 502 g/mol. The molecule has 0 aliphatic carbocycles. The number of thiazole rings is 1. The van der Waals surface area contributed by atoms with Gasteiger partial charge >= 0.3 is 6.02 Å². The van der Waals surface area contributed by atoms with Crippen molar-refractivity contribution in [3.05, 3.63) is 64.7 Å². The lowest BCUT2D eigenvalue weighted by atomic mass is 10.0. The summed E-state index contributed by atoms with van der Waals surface area (Å²) >= 11 is 1.63. The molecule has 0 radical (unpaired) electrons. The zero-order chi connectivity index (χ0) is 24.7. The van der Waals surface area contributed by atoms with Crippen LogP contribution in [-0.2, 0) is 17.9 Å². The third kappa shape index (κ3) is 5.97. The van der Waals surface area contributed by atoms with Gasteiger partial charge in [-0.25, -0.2) is 15.0 Å². The zero-order valence-electron chi connectivity index (χ0n) is 20.2. The van der Waals surface area contributed by atoms with Crippen LogP contribution in [0, 0.1) is 11.3 Å². The lowest BCUT2D eigenvalue weighted by Gasteiger charge is -2.34. The van der Waals surface area contributed by atoms with Crippen LogP contribution in [0.25, 0.3) is 10.2 Å². The standard InChI is InChI=1S/C27H30N6O2S/c28-10-9-23-22(26-30-24-3-1-2-4-25(24)36-26)17-29-27(31-23)35-19-21-7-5-20(6-8-21)18-33-13-11-32(12-14-33)15-16-34/h1-8,22,34H,9,11-19H2. The largest absolute Gasteiger partial charge is 0.459 e. The molecule has 36 heavy (non-hydrogen) atoms. The van der Waals surface area contributed by atoms with Crippen molar-refractivity contribution in [2.75, 3.05) is 45.9 Å². The SMILES string of the molecule is N#CCC1=NC(OCc2ccc(CN3CCN(CCO)CC3)cc2)=NCC1c1nc2ccccc2s1. The van der Waals surface area contributed by atoms with Gasteiger partial charge in [-0.3, -0.25) is 9.80 Å². The molecule has 2 aliphatic heterocycles. The number of piperazine rings is 1. The highest BCUT2D eigenvalue weighted by Crippen LogP contribution is 2.31. The summed E-state index contributed by atoms with van der Waals surface area (Å²) < 4.78 is 7.04. The van der Waals surface area contributed by atoms with Crippen LogP contribution in [0.1, 0.15) is 28.5 Å². The molecule has 8 nitrogen and oxygen atoms in total. The number of benzene rings is 2. The second-order valence-electron chi connectivity index (χ2n) is 9.08. The van der Waals surface area contributed by atoms with Crippen molar-refractivity contribution in [3.8, 4) is 6.07 Å². The third-order valence-electron chi connectivity index (χ3n) is 6.60. The van der Waals surface area contributed by atoms with E-state index in [1.54, 1.807) is 11.3 Å². The molecule has 3 aromatic rings. The van der Waals surface area contributed by atoms with E-state index in [0.29, 0.717) is 19.2 Å². The summed E-state index contributed by atoms with van der Waals surface area (Å²) in [6, 6.07) is 19.1. The van der Waals surface area contributed by atoms with E-state index in [1.807, 2.05) is 18.2 Å². The molecule has 9 heteroatoms. The van der Waals surface area contributed by atoms with E-state index in [4.69, 9.17) is 14.8 Å². The summed E-state index contributed by atoms with van der Waals surface area (Å²) in [4.78, 5) is 18.6. The van der Waals surface area contributed by atoms with Gasteiger partial charge in [0.1, 0.15) is 11.6 Å². The Balaban J connectivity index is 1.16. The summed E-state index contributed by atoms with van der Waals surface area (Å²) in [6.07, 6.45) is 0.228. The number of nitriles is 1. The Morgan fingerprint density at radius 1 is 1.03 bits per heavy atom. The van der Waals surface area contributed by atoms with Crippen molar-refractivity contribution in [1.29, 1.82) is 5.26 Å². The number of para-hydroxylation sites is 1. The van der Waals surface area contributed by atoms with Crippen LogP contribution in [0.2, 0.25) is 0 Å². The first kappa shape index (κ1) is 24.5. The average molecular weight is 503 g/mol. The number of rotatable bonds is 8. The van der Waals surface area contributed by atoms with Crippen LogP contribution in [0.5, 0.6) is 0 Å². The van der Waals surface area contributed by atoms with E-state index < -0.39 is 0 Å². The van der Waals surface area contributed by atoms with Gasteiger partial charge in [-0.2, -0.15) is 5.26 Å². The number of β-amino-alcohol motifs (C(OH)–C–C–N with tert-alkyl or cyclic N) is 1. The van der Waals surface area contributed by atoms with Crippen LogP contribution in [0.15, 0.2) is 58.5 Å². The van der Waals surface area contributed by atoms with Crippen molar-refractivity contribution >= 4 is 33.3 Å². The smallest absolute Gasteiger partial charge is 0.311 e. The highest BCUT2D eigenvalue weighted by atomic mass is 32.1. The minimum atomic E-state index is -0.0841. The Morgan fingerprint density at radius 3 is 2.53 bits per heavy atom. The molecule has 1 aromatic heterocycles. The molecule has 1 unspecified atom stereocenters. The van der Waals surface area contributed by atoms with Gasteiger partial charge in [-0.1, -0.05) is 36.4 Å². The number of aliphatic imine (C=N–C) groups is 2. The van der Waals surface area contributed by atoms with Gasteiger partial charge in [0.05, 0.1) is 41.8 Å². The molecule has 1 N–H and O–H groups in total. The second kappa shape index (κ2) is 11.7. The first-order chi connectivity index (χ1) is 17.7. The maximum absolute atomic E-state index is 9.35. The zero-order valence-corrected chi connectivity index (χ0v) is 21.0. The fraction of sp³-hybridized carbons (Fsp3) is 0.407. The summed E-state index contributed by atoms with van der Waals surface area (Å²) in [5, 5.41) is 19.4. The minimum Gasteiger partial charge on any atom is -0.459 e. The predicted molar refractivity (Wildman–Crippen MR) is 142 cm³/mol. The molecule has 1 saturated heterocycles. The lowest BCUT2D eigenvalue weighted by molar-refractivity contribution is 0.108. The maximum Gasteiger partial charge on any atom is 0.311 e. The fourth-order valence-electron chi connectivity index (χ4n) is 4.55. The van der Waals surface area contributed by atoms with Crippen molar-refractivity contribution in [2.45, 2.75) is 25.5 Å². The third-order valence-corrected chi connectivity index (χ3v) is 7.75. The first-order valence-corrected chi connectivity index (χ1v) is 13.1. The number of amidine groups is 1. The van der Waals surface area contributed by atoms with Crippen LogP contribution in [-0.4, -0.2) is 77.5 Å². The van der Waals surface area contributed by atoms with Crippen molar-refractivity contribution < 1.29 is 9.84 Å². The number of fused-ring (bicyclic) bond motifs is 1. The molecule has 3 heterocycles. The summed E-state index contributed by atoms with van der Waals surface area (Å²) in [5.74, 6) is -0.0841. The van der Waals surface area contributed by atoms with Crippen molar-refractivity contribution in [1.82, 2.24) is 14.8 Å². The van der Waals surface area contributed by atoms with Crippen molar-refractivity contribution in [2.24, 2.45) is 9.98 Å². The van der Waals surface area contributed by atoms with Crippen molar-refractivity contribution in [3.63, 3.8) is 0 Å². The Bertz CT molecular complexity index is 1240. The highest BCUT2D eigenvalue weighted by molar-refractivity contribution is 7.18. The molecule has 0 spiro atoms. The van der Waals surface area contributed by atoms with Crippen LogP contribution >= 0.6 is 11.3 Å². The number of hydrogen-bond donors (Lipinski definition) is 1. The molecule has 0 bridgehead atoms. The quantitative estimate of drug-likeness (QED) is 0.507. The van der Waals surface area contributed by atoms with Gasteiger partial charge in [0.25, 0.3) is 0 Å². The maximum atomic E-state index is 9.35. The van der Waals surface area contributed by atoms with E-state index in [0.717, 1.165) is 65.8 Å². The number of nitrogens with zero attached hydrogens (tertiary/aromatic N) is 6. The topological polar surface area (TPSA) is 97.3 Å². The van der Waals surface area contributed by atoms with Gasteiger partial charge in [0, 0.05) is 45.0 Å². The number of aliphatic hydroxyl groups is 1. The molecule has 186 valence electrons. The molecule has 0 amide bonds. The van der Waals surface area contributed by atoms with Gasteiger partial charge in [-0.15, -0.1) is 11.3 Å². The summed E-state index contributed by atoms with van der Waals surface area (Å²) in [7, 11) is 0. The molecule has 2 aromatic carbocycles. The first-order valence-electron chi connectivity index (χ1n) is 12.3. The highest BCUT2D eigenvalue weighted by Gasteiger charge is 2.26. The van der Waals surface area contributed by atoms with Gasteiger partial charge < -0.3 is 9.84 Å². The van der Waals surface area contributed by atoms with Gasteiger partial charge in [-0.05, 0) is 23.3 Å². The molecule has 1 atom stereocenters. The van der Waals surface area contributed by atoms with Crippen LogP contribution in [0.4, 0.5) is 0 Å². The molecular formula is C27H30N6O2S. The predicted octanol–water partition coefficient (Wildman–Crippen LogP) is 3.43. The normalized spacial score (nSPS) is 19.1. The van der Waals surface area contributed by atoms with Crippen LogP contribution in [0.3, 0.4) is 0 Å². The molecule has 1 fully saturated rings. The minimum absolute atomic E-state index is 0.0841. The lowest BCUT2D eigenvalue weighted by Crippen LogP contribution is -2.46. The van der Waals surface area contributed by atoms with E-state index in [2.05, 4.69) is 56.2 Å². The van der Waals surface area contributed by atoms with Crippen LogP contribution < -0.4 is 0 Å². The second-order valence-corrected chi connectivity index (χ2v) is 10.1. The Morgan fingerprint density at radius 2 is 1.78 bits per heavy atom. The molecule has 0 saturated carbocycles. The Kier molecular flexibility index (Phi) is 7.98. The average Bonchev–Trinajstić information content (AvgIpc) is 3.34. The number of aliphatic hydroxyl groups excluding tert-OH is 1. The fourth-order valence-corrected chi connectivity index (χ4v) is 5.64. The number of aromatic nitrogens is 1. The summed E-state index contributed by atoms with van der Waals surface area (Å²) in [5.41, 5.74) is 4.06. The molecule has 2 aliphatic rings. The van der Waals surface area contributed by atoms with E-state index in [-0.39, 0.29) is 18.9 Å². The van der Waals surface area contributed by atoms with E-state index in [9.17, 15) is 5.26 Å². The Hall–Kier alpha value is -3.16. The Labute approximate surface area is 215 Å². The number of ether oxygens (including phenoxy) is 1. The summed E-state index contributed by atoms with van der Waals surface area (Å²) in [6.45, 7) is 6.83. The molecular weight excluding hydrogens is 472 g/mol. The van der Waals surface area contributed by atoms with Gasteiger partial charge in [0.2, 0.25) is 0 Å². The van der Waals surface area contributed by atoms with E-state index >= 15 is 0 Å². The molecule has 5 rings (SSSR count).